The van der Waals surface area contributed by atoms with Crippen LogP contribution in [0.1, 0.15) is 39.0 Å². The van der Waals surface area contributed by atoms with Gasteiger partial charge in [0.1, 0.15) is 0 Å². The molecule has 1 amide bonds. The van der Waals surface area contributed by atoms with Crippen molar-refractivity contribution in [3.05, 3.63) is 0 Å². The Balaban J connectivity index is 2.44. The first-order valence-corrected chi connectivity index (χ1v) is 8.04. The molecule has 1 saturated carbocycles. The lowest BCUT2D eigenvalue weighted by molar-refractivity contribution is -0.131. The van der Waals surface area contributed by atoms with Gasteiger partial charge in [0.15, 0.2) is 0 Å². The van der Waals surface area contributed by atoms with Gasteiger partial charge in [-0.1, -0.05) is 12.8 Å². The van der Waals surface area contributed by atoms with E-state index in [0.717, 1.165) is 32.1 Å². The van der Waals surface area contributed by atoms with Crippen LogP contribution in [0.3, 0.4) is 0 Å². The van der Waals surface area contributed by atoms with Gasteiger partial charge < -0.3 is 11.1 Å². The lowest BCUT2D eigenvalue weighted by Crippen LogP contribution is -2.47. The van der Waals surface area contributed by atoms with Crippen molar-refractivity contribution >= 4 is 16.7 Å². The second kappa shape index (κ2) is 6.50. The topological polar surface area (TPSA) is 72.2 Å². The van der Waals surface area contributed by atoms with Crippen LogP contribution in [0.5, 0.6) is 0 Å². The predicted octanol–water partition coefficient (Wildman–Crippen LogP) is 0.779. The fraction of sp³-hybridized carbons (Fsp3) is 0.917. The summed E-state index contributed by atoms with van der Waals surface area (Å²) >= 11 is 0. The highest BCUT2D eigenvalue weighted by molar-refractivity contribution is 7.84. The second-order valence-electron chi connectivity index (χ2n) is 5.13. The van der Waals surface area contributed by atoms with Crippen LogP contribution in [0, 0.1) is 5.41 Å². The molecule has 0 bridgehead atoms. The first-order chi connectivity index (χ1) is 8.00. The van der Waals surface area contributed by atoms with Gasteiger partial charge in [0.2, 0.25) is 5.91 Å². The number of amides is 1. The largest absolute Gasteiger partial charge is 0.353 e. The fourth-order valence-corrected chi connectivity index (χ4v) is 3.05. The smallest absolute Gasteiger partial charge is 0.227 e. The summed E-state index contributed by atoms with van der Waals surface area (Å²) in [6.45, 7) is 2.40. The highest BCUT2D eigenvalue weighted by Crippen LogP contribution is 2.37. The van der Waals surface area contributed by atoms with E-state index < -0.39 is 10.8 Å². The van der Waals surface area contributed by atoms with E-state index in [2.05, 4.69) is 5.32 Å². The normalized spacial score (nSPS) is 22.1. The molecule has 0 aromatic rings. The Hall–Kier alpha value is -0.420. The zero-order valence-corrected chi connectivity index (χ0v) is 11.6. The molecular formula is C12H24N2O2S. The van der Waals surface area contributed by atoms with E-state index in [-0.39, 0.29) is 17.4 Å². The molecule has 0 aromatic carbocycles. The first kappa shape index (κ1) is 14.6. The highest BCUT2D eigenvalue weighted by atomic mass is 32.2. The van der Waals surface area contributed by atoms with Crippen molar-refractivity contribution in [2.75, 3.05) is 18.6 Å². The Labute approximate surface area is 106 Å². The van der Waals surface area contributed by atoms with Crippen molar-refractivity contribution in [2.24, 2.45) is 11.1 Å². The van der Waals surface area contributed by atoms with Crippen LogP contribution >= 0.6 is 0 Å². The summed E-state index contributed by atoms with van der Waals surface area (Å²) in [5.74, 6) is 0.726. The van der Waals surface area contributed by atoms with E-state index in [1.807, 2.05) is 6.92 Å². The summed E-state index contributed by atoms with van der Waals surface area (Å²) in [4.78, 5) is 12.2. The Bertz CT molecular complexity index is 288. The number of nitrogens with one attached hydrogen (secondary N) is 1. The Morgan fingerprint density at radius 3 is 2.53 bits per heavy atom. The van der Waals surface area contributed by atoms with Crippen molar-refractivity contribution in [2.45, 2.75) is 45.1 Å². The molecule has 1 fully saturated rings. The van der Waals surface area contributed by atoms with Crippen LogP contribution in [-0.2, 0) is 15.6 Å². The summed E-state index contributed by atoms with van der Waals surface area (Å²) in [5.41, 5.74) is 5.42. The third-order valence-electron chi connectivity index (χ3n) is 3.65. The van der Waals surface area contributed by atoms with Crippen molar-refractivity contribution < 1.29 is 9.00 Å². The lowest BCUT2D eigenvalue weighted by Gasteiger charge is -2.27. The average Bonchev–Trinajstić information content (AvgIpc) is 2.76. The number of hydrogen-bond acceptors (Lipinski definition) is 3. The van der Waals surface area contributed by atoms with Crippen LogP contribution in [0.25, 0.3) is 0 Å². The minimum atomic E-state index is -0.791. The molecule has 1 rings (SSSR count). The Kier molecular flexibility index (Phi) is 5.59. The molecule has 2 unspecified atom stereocenters. The van der Waals surface area contributed by atoms with Crippen LogP contribution in [0.2, 0.25) is 0 Å². The molecule has 0 radical (unpaired) electrons. The Morgan fingerprint density at radius 1 is 1.47 bits per heavy atom. The van der Waals surface area contributed by atoms with Crippen molar-refractivity contribution in [3.63, 3.8) is 0 Å². The minimum Gasteiger partial charge on any atom is -0.353 e. The van der Waals surface area contributed by atoms with Crippen molar-refractivity contribution in [1.82, 2.24) is 5.32 Å². The summed E-state index contributed by atoms with van der Waals surface area (Å²) in [5, 5.41) is 3.02. The van der Waals surface area contributed by atoms with Crippen molar-refractivity contribution in [3.8, 4) is 0 Å². The fourth-order valence-electron chi connectivity index (χ4n) is 2.37. The van der Waals surface area contributed by atoms with Gasteiger partial charge in [-0.05, 0) is 26.2 Å². The molecule has 2 atom stereocenters. The number of rotatable bonds is 6. The summed E-state index contributed by atoms with van der Waals surface area (Å²) in [6, 6.07) is 0.0791. The molecule has 3 N–H and O–H groups in total. The lowest BCUT2D eigenvalue weighted by atomic mass is 9.85. The molecule has 0 spiro atoms. The molecule has 100 valence electrons. The summed E-state index contributed by atoms with van der Waals surface area (Å²) in [6.07, 6.45) is 6.45. The maximum atomic E-state index is 12.2. The monoisotopic (exact) mass is 260 g/mol. The predicted molar refractivity (Wildman–Crippen MR) is 71.1 cm³/mol. The van der Waals surface area contributed by atoms with Gasteiger partial charge in [0, 0.05) is 35.4 Å². The quantitative estimate of drug-likeness (QED) is 0.741. The number of nitrogens with two attached hydrogens (primary N) is 1. The third kappa shape index (κ3) is 4.07. The molecule has 1 aliphatic rings. The maximum Gasteiger partial charge on any atom is 0.227 e. The van der Waals surface area contributed by atoms with Gasteiger partial charge in [0.05, 0.1) is 5.41 Å². The molecule has 4 nitrogen and oxygen atoms in total. The summed E-state index contributed by atoms with van der Waals surface area (Å²) < 4.78 is 11.0. The van der Waals surface area contributed by atoms with Gasteiger partial charge >= 0.3 is 0 Å². The van der Waals surface area contributed by atoms with E-state index in [1.54, 1.807) is 6.26 Å². The zero-order valence-electron chi connectivity index (χ0n) is 10.8. The maximum absolute atomic E-state index is 12.2. The van der Waals surface area contributed by atoms with Gasteiger partial charge in [-0.25, -0.2) is 0 Å². The first-order valence-electron chi connectivity index (χ1n) is 6.31. The molecule has 5 heteroatoms. The molecule has 0 heterocycles. The van der Waals surface area contributed by atoms with Crippen LogP contribution in [0.4, 0.5) is 0 Å². The SMILES string of the molecule is CC(CCS(C)=O)NC(=O)C1(CN)CCCC1. The average molecular weight is 260 g/mol. The van der Waals surface area contributed by atoms with Gasteiger partial charge in [-0.3, -0.25) is 9.00 Å². The van der Waals surface area contributed by atoms with Crippen LogP contribution < -0.4 is 11.1 Å². The number of hydrogen-bond donors (Lipinski definition) is 2. The standard InChI is InChI=1S/C12H24N2O2S/c1-10(5-8-17(2)16)14-11(15)12(9-13)6-3-4-7-12/h10H,3-9,13H2,1-2H3,(H,14,15). The minimum absolute atomic E-state index is 0.0791. The number of carbonyl (C=O) groups is 1. The molecule has 0 aliphatic heterocycles. The Morgan fingerprint density at radius 2 is 2.06 bits per heavy atom. The van der Waals surface area contributed by atoms with Crippen molar-refractivity contribution in [1.29, 1.82) is 0 Å². The molecular weight excluding hydrogens is 236 g/mol. The molecule has 1 aliphatic carbocycles. The van der Waals surface area contributed by atoms with E-state index in [1.165, 1.54) is 0 Å². The second-order valence-corrected chi connectivity index (χ2v) is 6.69. The molecule has 17 heavy (non-hydrogen) atoms. The zero-order chi connectivity index (χ0) is 12.9. The van der Waals surface area contributed by atoms with E-state index >= 15 is 0 Å². The van der Waals surface area contributed by atoms with Crippen LogP contribution in [0.15, 0.2) is 0 Å². The van der Waals surface area contributed by atoms with Crippen LogP contribution in [-0.4, -0.2) is 34.7 Å². The van der Waals surface area contributed by atoms with Gasteiger partial charge in [0.25, 0.3) is 0 Å². The highest BCUT2D eigenvalue weighted by Gasteiger charge is 2.39. The molecule has 0 aromatic heterocycles. The van der Waals surface area contributed by atoms with E-state index in [9.17, 15) is 9.00 Å². The van der Waals surface area contributed by atoms with Gasteiger partial charge in [-0.15, -0.1) is 0 Å². The van der Waals surface area contributed by atoms with Gasteiger partial charge in [-0.2, -0.15) is 0 Å². The molecule has 0 saturated heterocycles. The third-order valence-corrected chi connectivity index (χ3v) is 4.46. The van der Waals surface area contributed by atoms with E-state index in [4.69, 9.17) is 5.73 Å². The van der Waals surface area contributed by atoms with E-state index in [0.29, 0.717) is 12.3 Å². The summed E-state index contributed by atoms with van der Waals surface area (Å²) in [7, 11) is -0.791. The number of carbonyl (C=O) groups excluding carboxylic acids is 1.